The number of amides is 3. The minimum absolute atomic E-state index is 0.0411. The molecule has 0 aromatic heterocycles. The van der Waals surface area contributed by atoms with Crippen molar-refractivity contribution in [2.45, 2.75) is 57.7 Å². The minimum Gasteiger partial charge on any atom is -0.350 e. The van der Waals surface area contributed by atoms with E-state index < -0.39 is 6.04 Å². The summed E-state index contributed by atoms with van der Waals surface area (Å²) in [5.74, 6) is 0.829. The van der Waals surface area contributed by atoms with E-state index >= 15 is 0 Å². The number of nitrogens with one attached hydrogen (secondary N) is 1. The second-order valence-corrected chi connectivity index (χ2v) is 8.74. The molecule has 2 unspecified atom stereocenters. The van der Waals surface area contributed by atoms with Gasteiger partial charge in [-0.15, -0.1) is 11.8 Å². The molecule has 3 aliphatic rings. The van der Waals surface area contributed by atoms with Crippen LogP contribution in [0.5, 0.6) is 0 Å². The Morgan fingerprint density at radius 2 is 1.96 bits per heavy atom. The molecular weight excluding hydrogens is 314 g/mol. The van der Waals surface area contributed by atoms with Gasteiger partial charge < -0.3 is 15.1 Å². The van der Waals surface area contributed by atoms with Crippen molar-refractivity contribution >= 4 is 29.5 Å². The first kappa shape index (κ1) is 16.6. The topological polar surface area (TPSA) is 69.7 Å². The minimum atomic E-state index is -0.420. The number of hydrogen-bond donors (Lipinski definition) is 1. The summed E-state index contributed by atoms with van der Waals surface area (Å²) in [6, 6.07) is -0.0648. The average Bonchev–Trinajstić information content (AvgIpc) is 3.02. The van der Waals surface area contributed by atoms with Crippen molar-refractivity contribution in [3.05, 3.63) is 0 Å². The van der Waals surface area contributed by atoms with Gasteiger partial charge in [-0.1, -0.05) is 0 Å². The largest absolute Gasteiger partial charge is 0.350 e. The Balaban J connectivity index is 1.64. The Morgan fingerprint density at radius 1 is 1.26 bits per heavy atom. The van der Waals surface area contributed by atoms with Crippen molar-refractivity contribution in [2.24, 2.45) is 5.92 Å². The van der Waals surface area contributed by atoms with E-state index in [1.807, 2.05) is 25.7 Å². The summed E-state index contributed by atoms with van der Waals surface area (Å²) in [7, 11) is 0. The summed E-state index contributed by atoms with van der Waals surface area (Å²) >= 11 is 1.60. The van der Waals surface area contributed by atoms with Gasteiger partial charge in [0.25, 0.3) is 0 Å². The van der Waals surface area contributed by atoms with Gasteiger partial charge in [0.15, 0.2) is 0 Å². The maximum atomic E-state index is 12.8. The fraction of sp³-hybridized carbons (Fsp3) is 0.812. The first-order valence-corrected chi connectivity index (χ1v) is 9.41. The fourth-order valence-electron chi connectivity index (χ4n) is 3.20. The van der Waals surface area contributed by atoms with Gasteiger partial charge in [-0.2, -0.15) is 0 Å². The van der Waals surface area contributed by atoms with Crippen molar-refractivity contribution in [1.29, 1.82) is 0 Å². The van der Waals surface area contributed by atoms with Crippen LogP contribution in [-0.2, 0) is 14.4 Å². The highest BCUT2D eigenvalue weighted by atomic mass is 32.2. The smallest absolute Gasteiger partial charge is 0.244 e. The number of nitrogens with zero attached hydrogens (tertiary/aromatic N) is 2. The highest BCUT2D eigenvalue weighted by Gasteiger charge is 2.45. The van der Waals surface area contributed by atoms with E-state index in [1.165, 1.54) is 0 Å². The van der Waals surface area contributed by atoms with Crippen molar-refractivity contribution in [3.63, 3.8) is 0 Å². The molecule has 2 heterocycles. The van der Waals surface area contributed by atoms with Crippen LogP contribution in [0.3, 0.4) is 0 Å². The van der Waals surface area contributed by atoms with Crippen molar-refractivity contribution in [2.75, 3.05) is 18.2 Å². The van der Waals surface area contributed by atoms with E-state index in [2.05, 4.69) is 5.32 Å². The lowest BCUT2D eigenvalue weighted by Gasteiger charge is -2.29. The Morgan fingerprint density at radius 3 is 2.57 bits per heavy atom. The highest BCUT2D eigenvalue weighted by Crippen LogP contribution is 2.34. The molecule has 2 saturated heterocycles. The van der Waals surface area contributed by atoms with E-state index in [9.17, 15) is 14.4 Å². The van der Waals surface area contributed by atoms with Gasteiger partial charge in [0.1, 0.15) is 6.04 Å². The van der Waals surface area contributed by atoms with Crippen molar-refractivity contribution in [3.8, 4) is 0 Å². The molecule has 0 aromatic rings. The van der Waals surface area contributed by atoms with Crippen molar-refractivity contribution < 1.29 is 14.4 Å². The molecule has 2 aliphatic heterocycles. The lowest BCUT2D eigenvalue weighted by molar-refractivity contribution is -0.141. The molecular formula is C16H25N3O3S. The van der Waals surface area contributed by atoms with E-state index in [0.717, 1.165) is 12.8 Å². The quantitative estimate of drug-likeness (QED) is 0.826. The van der Waals surface area contributed by atoms with Crippen LogP contribution in [0.15, 0.2) is 0 Å². The van der Waals surface area contributed by atoms with Crippen LogP contribution >= 0.6 is 11.8 Å². The van der Waals surface area contributed by atoms with Crippen molar-refractivity contribution in [1.82, 2.24) is 15.1 Å². The molecule has 1 saturated carbocycles. The zero-order valence-electron chi connectivity index (χ0n) is 14.0. The van der Waals surface area contributed by atoms with Gasteiger partial charge >= 0.3 is 0 Å². The molecule has 1 aliphatic carbocycles. The number of likely N-dealkylation sites (tertiary alicyclic amines) is 1. The molecule has 3 fully saturated rings. The molecule has 128 valence electrons. The van der Waals surface area contributed by atoms with Gasteiger partial charge in [-0.3, -0.25) is 14.4 Å². The second kappa shape index (κ2) is 6.00. The first-order chi connectivity index (χ1) is 10.8. The molecule has 7 heteroatoms. The molecule has 0 spiro atoms. The zero-order valence-corrected chi connectivity index (χ0v) is 14.8. The average molecular weight is 339 g/mol. The van der Waals surface area contributed by atoms with Gasteiger partial charge in [-0.05, 0) is 33.6 Å². The van der Waals surface area contributed by atoms with E-state index in [4.69, 9.17) is 0 Å². The summed E-state index contributed by atoms with van der Waals surface area (Å²) in [6.07, 6.45) is 2.41. The third-order valence-corrected chi connectivity index (χ3v) is 5.47. The Bertz CT molecular complexity index is 527. The van der Waals surface area contributed by atoms with Gasteiger partial charge in [0, 0.05) is 30.3 Å². The monoisotopic (exact) mass is 339 g/mol. The summed E-state index contributed by atoms with van der Waals surface area (Å²) in [5, 5.41) is 2.96. The van der Waals surface area contributed by atoms with Crippen LogP contribution in [0.25, 0.3) is 0 Å². The standard InChI is InChI=1S/C16H25N3O3S/c1-16(2,3)17-14(21)12-8-23-9-19(12)15(22)10-6-13(20)18(7-10)11-4-5-11/h10-12H,4-9H2,1-3H3,(H,17,21). The summed E-state index contributed by atoms with van der Waals surface area (Å²) < 4.78 is 0. The van der Waals surface area contributed by atoms with Crippen LogP contribution in [0, 0.1) is 5.92 Å². The van der Waals surface area contributed by atoms with Gasteiger partial charge in [0.05, 0.1) is 11.8 Å². The summed E-state index contributed by atoms with van der Waals surface area (Å²) in [4.78, 5) is 40.8. The number of carbonyl (C=O) groups is 3. The Kier molecular flexibility index (Phi) is 4.33. The molecule has 6 nitrogen and oxygen atoms in total. The fourth-order valence-corrected chi connectivity index (χ4v) is 4.36. The normalized spacial score (nSPS) is 28.4. The summed E-state index contributed by atoms with van der Waals surface area (Å²) in [6.45, 7) is 6.32. The molecule has 23 heavy (non-hydrogen) atoms. The number of carbonyl (C=O) groups excluding carboxylic acids is 3. The summed E-state index contributed by atoms with van der Waals surface area (Å²) in [5.41, 5.74) is -0.314. The predicted molar refractivity (Wildman–Crippen MR) is 88.7 cm³/mol. The molecule has 0 bridgehead atoms. The highest BCUT2D eigenvalue weighted by molar-refractivity contribution is 7.99. The molecule has 2 atom stereocenters. The first-order valence-electron chi connectivity index (χ1n) is 8.26. The number of thioether (sulfide) groups is 1. The van der Waals surface area contributed by atoms with Crippen LogP contribution in [0.1, 0.15) is 40.0 Å². The Hall–Kier alpha value is -1.24. The maximum absolute atomic E-state index is 12.8. The third-order valence-electron chi connectivity index (χ3n) is 4.46. The van der Waals surface area contributed by atoms with E-state index in [1.54, 1.807) is 16.7 Å². The predicted octanol–water partition coefficient (Wildman–Crippen LogP) is 0.813. The molecule has 0 aromatic carbocycles. The molecule has 3 rings (SSSR count). The lowest BCUT2D eigenvalue weighted by Crippen LogP contribution is -2.53. The SMILES string of the molecule is CC(C)(C)NC(=O)C1CSCN1C(=O)C1CC(=O)N(C2CC2)C1. The molecule has 3 amide bonds. The maximum Gasteiger partial charge on any atom is 0.244 e. The third kappa shape index (κ3) is 3.65. The lowest BCUT2D eigenvalue weighted by atomic mass is 10.1. The van der Waals surface area contributed by atoms with Crippen LogP contribution < -0.4 is 5.32 Å². The van der Waals surface area contributed by atoms with Crippen LogP contribution in [0.2, 0.25) is 0 Å². The van der Waals surface area contributed by atoms with Gasteiger partial charge in [-0.25, -0.2) is 0 Å². The zero-order chi connectivity index (χ0) is 16.8. The molecule has 0 radical (unpaired) electrons. The van der Waals surface area contributed by atoms with Gasteiger partial charge in [0.2, 0.25) is 17.7 Å². The van der Waals surface area contributed by atoms with Crippen LogP contribution in [0.4, 0.5) is 0 Å². The number of hydrogen-bond acceptors (Lipinski definition) is 4. The van der Waals surface area contributed by atoms with Crippen LogP contribution in [-0.4, -0.2) is 63.3 Å². The Labute approximate surface area is 141 Å². The number of rotatable bonds is 3. The van der Waals surface area contributed by atoms with E-state index in [-0.39, 0.29) is 29.2 Å². The second-order valence-electron chi connectivity index (χ2n) is 7.74. The van der Waals surface area contributed by atoms with E-state index in [0.29, 0.717) is 30.6 Å². The molecule has 1 N–H and O–H groups in total.